The van der Waals surface area contributed by atoms with Crippen molar-refractivity contribution in [3.8, 4) is 5.75 Å². The molecular weight excluding hydrogens is 426 g/mol. The predicted molar refractivity (Wildman–Crippen MR) is 113 cm³/mol. The molecule has 0 spiro atoms. The van der Waals surface area contributed by atoms with Gasteiger partial charge in [-0.1, -0.05) is 18.2 Å². The van der Waals surface area contributed by atoms with Crippen LogP contribution in [0.4, 0.5) is 29.3 Å². The first-order valence-electron chi connectivity index (χ1n) is 10.9. The van der Waals surface area contributed by atoms with Gasteiger partial charge in [-0.25, -0.2) is 9.37 Å². The average molecular weight is 453 g/mol. The Kier molecular flexibility index (Phi) is 6.68. The summed E-state index contributed by atoms with van der Waals surface area (Å²) < 4.78 is 56.4. The van der Waals surface area contributed by atoms with Crippen molar-refractivity contribution in [3.63, 3.8) is 0 Å². The third-order valence-electron chi connectivity index (χ3n) is 6.30. The molecule has 0 radical (unpaired) electrons. The van der Waals surface area contributed by atoms with Gasteiger partial charge in [0, 0.05) is 24.7 Å². The van der Waals surface area contributed by atoms with Crippen LogP contribution in [-0.4, -0.2) is 46.9 Å². The van der Waals surface area contributed by atoms with Gasteiger partial charge in [0.2, 0.25) is 5.95 Å². The van der Waals surface area contributed by atoms with Crippen LogP contribution in [0.1, 0.15) is 37.7 Å². The molecular formula is C22H27F4N5O. The van der Waals surface area contributed by atoms with Crippen molar-refractivity contribution in [3.05, 3.63) is 41.8 Å². The van der Waals surface area contributed by atoms with E-state index in [9.17, 15) is 17.6 Å². The molecule has 0 bridgehead atoms. The molecule has 2 aromatic rings. The molecule has 1 aromatic heterocycles. The molecule has 10 heteroatoms. The Balaban J connectivity index is 1.52. The third kappa shape index (κ3) is 5.59. The molecule has 1 aromatic carbocycles. The van der Waals surface area contributed by atoms with Crippen LogP contribution in [0, 0.1) is 11.7 Å². The summed E-state index contributed by atoms with van der Waals surface area (Å²) in [6.07, 6.45) is 1.66. The second-order valence-corrected chi connectivity index (χ2v) is 8.50. The highest BCUT2D eigenvalue weighted by atomic mass is 19.4. The minimum atomic E-state index is -4.80. The molecule has 1 saturated carbocycles. The standard InChI is InChI=1S/C22H27F4N5O/c23-18-12-28-21(29-20(18)27)31(13-15-6-8-17(9-7-15)30-10-3-11-30)14-16-4-1-2-5-19(16)32-22(24,25)26/h1-2,4-5,12,15,17H,3,6-11,13-14H2,(H2,27,28,29)/t15-,17-. The van der Waals surface area contributed by atoms with Crippen molar-refractivity contribution < 1.29 is 22.3 Å². The Morgan fingerprint density at radius 2 is 1.84 bits per heavy atom. The molecule has 1 aliphatic carbocycles. The molecule has 1 saturated heterocycles. The monoisotopic (exact) mass is 453 g/mol. The summed E-state index contributed by atoms with van der Waals surface area (Å²) in [4.78, 5) is 12.4. The van der Waals surface area contributed by atoms with E-state index in [0.29, 0.717) is 24.1 Å². The number of rotatable bonds is 7. The number of hydrogen-bond donors (Lipinski definition) is 1. The van der Waals surface area contributed by atoms with Gasteiger partial charge in [-0.05, 0) is 57.2 Å². The minimum Gasteiger partial charge on any atom is -0.405 e. The zero-order valence-corrected chi connectivity index (χ0v) is 17.7. The van der Waals surface area contributed by atoms with Gasteiger partial charge in [0.15, 0.2) is 11.6 Å². The Hall–Kier alpha value is -2.62. The summed E-state index contributed by atoms with van der Waals surface area (Å²) in [5.41, 5.74) is 5.98. The fourth-order valence-electron chi connectivity index (χ4n) is 4.51. The van der Waals surface area contributed by atoms with Crippen molar-refractivity contribution >= 4 is 11.8 Å². The number of nitrogens with two attached hydrogens (primary N) is 1. The molecule has 174 valence electrons. The number of likely N-dealkylation sites (tertiary alicyclic amines) is 1. The zero-order chi connectivity index (χ0) is 22.7. The summed E-state index contributed by atoms with van der Waals surface area (Å²) in [7, 11) is 0. The normalized spacial score (nSPS) is 21.8. The average Bonchev–Trinajstić information content (AvgIpc) is 2.70. The van der Waals surface area contributed by atoms with Crippen molar-refractivity contribution in [2.24, 2.45) is 5.92 Å². The molecule has 1 aliphatic heterocycles. The largest absolute Gasteiger partial charge is 0.573 e. The van der Waals surface area contributed by atoms with Crippen LogP contribution >= 0.6 is 0 Å². The van der Waals surface area contributed by atoms with Crippen LogP contribution in [-0.2, 0) is 6.54 Å². The number of nitrogen functional groups attached to an aromatic ring is 1. The first-order valence-corrected chi connectivity index (χ1v) is 10.9. The van der Waals surface area contributed by atoms with Crippen LogP contribution in [0.5, 0.6) is 5.75 Å². The first-order chi connectivity index (χ1) is 15.3. The quantitative estimate of drug-likeness (QED) is 0.628. The number of ether oxygens (including phenoxy) is 1. The Bertz CT molecular complexity index is 913. The third-order valence-corrected chi connectivity index (χ3v) is 6.30. The summed E-state index contributed by atoms with van der Waals surface area (Å²) in [5.74, 6) is -0.777. The van der Waals surface area contributed by atoms with E-state index in [1.165, 1.54) is 31.6 Å². The molecule has 32 heavy (non-hydrogen) atoms. The van der Waals surface area contributed by atoms with Crippen LogP contribution in [0.15, 0.2) is 30.5 Å². The predicted octanol–water partition coefficient (Wildman–Crippen LogP) is 4.37. The van der Waals surface area contributed by atoms with Gasteiger partial charge in [-0.2, -0.15) is 4.98 Å². The minimum absolute atomic E-state index is 0.0867. The Labute approximate surface area is 184 Å². The zero-order valence-electron chi connectivity index (χ0n) is 17.7. The number of para-hydroxylation sites is 1. The Morgan fingerprint density at radius 1 is 1.12 bits per heavy atom. The summed E-state index contributed by atoms with van der Waals surface area (Å²) in [6.45, 7) is 2.96. The number of nitrogens with zero attached hydrogens (tertiary/aromatic N) is 4. The highest BCUT2D eigenvalue weighted by molar-refractivity contribution is 5.42. The highest BCUT2D eigenvalue weighted by Gasteiger charge is 2.33. The molecule has 2 N–H and O–H groups in total. The second-order valence-electron chi connectivity index (χ2n) is 8.50. The lowest BCUT2D eigenvalue weighted by Crippen LogP contribution is -2.47. The topological polar surface area (TPSA) is 67.5 Å². The molecule has 6 nitrogen and oxygen atoms in total. The fraction of sp³-hybridized carbons (Fsp3) is 0.545. The molecule has 2 heterocycles. The van der Waals surface area contributed by atoms with Gasteiger partial charge in [-0.3, -0.25) is 0 Å². The van der Waals surface area contributed by atoms with E-state index in [1.54, 1.807) is 17.0 Å². The van der Waals surface area contributed by atoms with Crippen molar-refractivity contribution in [1.82, 2.24) is 14.9 Å². The maximum absolute atomic E-state index is 13.6. The smallest absolute Gasteiger partial charge is 0.405 e. The SMILES string of the molecule is Nc1nc(N(Cc2ccccc2OC(F)(F)F)C[C@H]2CC[C@H](N3CCC3)CC2)ncc1F. The number of aromatic nitrogens is 2. The maximum atomic E-state index is 13.6. The van der Waals surface area contributed by atoms with E-state index < -0.39 is 12.2 Å². The first kappa shape index (κ1) is 22.6. The maximum Gasteiger partial charge on any atom is 0.573 e. The van der Waals surface area contributed by atoms with Gasteiger partial charge in [0.25, 0.3) is 0 Å². The molecule has 0 amide bonds. The lowest BCUT2D eigenvalue weighted by Gasteiger charge is -2.42. The van der Waals surface area contributed by atoms with Gasteiger partial charge in [-0.15, -0.1) is 13.2 Å². The van der Waals surface area contributed by atoms with Crippen LogP contribution in [0.3, 0.4) is 0 Å². The van der Waals surface area contributed by atoms with E-state index in [1.807, 2.05) is 0 Å². The van der Waals surface area contributed by atoms with E-state index in [0.717, 1.165) is 31.9 Å². The Morgan fingerprint density at radius 3 is 2.47 bits per heavy atom. The van der Waals surface area contributed by atoms with Crippen molar-refractivity contribution in [2.75, 3.05) is 30.3 Å². The number of halogens is 4. The van der Waals surface area contributed by atoms with E-state index in [-0.39, 0.29) is 24.1 Å². The molecule has 2 aliphatic rings. The van der Waals surface area contributed by atoms with Crippen LogP contribution < -0.4 is 15.4 Å². The lowest BCUT2D eigenvalue weighted by atomic mass is 9.84. The number of benzene rings is 1. The lowest BCUT2D eigenvalue weighted by molar-refractivity contribution is -0.274. The fourth-order valence-corrected chi connectivity index (χ4v) is 4.51. The van der Waals surface area contributed by atoms with Crippen molar-refractivity contribution in [2.45, 2.75) is 51.1 Å². The molecule has 0 atom stereocenters. The van der Waals surface area contributed by atoms with E-state index in [4.69, 9.17) is 5.73 Å². The van der Waals surface area contributed by atoms with E-state index in [2.05, 4.69) is 19.6 Å². The summed E-state index contributed by atoms with van der Waals surface area (Å²) >= 11 is 0. The number of anilines is 2. The van der Waals surface area contributed by atoms with Gasteiger partial charge in [0.05, 0.1) is 6.20 Å². The van der Waals surface area contributed by atoms with Crippen LogP contribution in [0.2, 0.25) is 0 Å². The van der Waals surface area contributed by atoms with Crippen molar-refractivity contribution in [1.29, 1.82) is 0 Å². The van der Waals surface area contributed by atoms with Gasteiger partial charge in [0.1, 0.15) is 5.75 Å². The number of alkyl halides is 3. The highest BCUT2D eigenvalue weighted by Crippen LogP contribution is 2.33. The summed E-state index contributed by atoms with van der Waals surface area (Å²) in [6, 6.07) is 6.60. The van der Waals surface area contributed by atoms with Crippen LogP contribution in [0.25, 0.3) is 0 Å². The number of hydrogen-bond acceptors (Lipinski definition) is 6. The molecule has 0 unspecified atom stereocenters. The van der Waals surface area contributed by atoms with Gasteiger partial charge < -0.3 is 20.3 Å². The molecule has 2 fully saturated rings. The molecule has 4 rings (SSSR count). The summed E-state index contributed by atoms with van der Waals surface area (Å²) in [5, 5.41) is 0. The van der Waals surface area contributed by atoms with E-state index >= 15 is 0 Å². The van der Waals surface area contributed by atoms with Gasteiger partial charge >= 0.3 is 6.36 Å². The second kappa shape index (κ2) is 9.48.